The lowest BCUT2D eigenvalue weighted by Crippen LogP contribution is -2.25. The van der Waals surface area contributed by atoms with E-state index < -0.39 is 146 Å². The molecule has 0 bridgehead atoms. The summed E-state index contributed by atoms with van der Waals surface area (Å²) in [5.74, 6) is -27.7. The van der Waals surface area contributed by atoms with Gasteiger partial charge in [-0.15, -0.1) is 0 Å². The maximum Gasteiger partial charge on any atom is 0.432 e. The van der Waals surface area contributed by atoms with Gasteiger partial charge in [0.2, 0.25) is 5.92 Å². The van der Waals surface area contributed by atoms with Gasteiger partial charge in [0, 0.05) is 60.4 Å². The standard InChI is InChI=1S/C47H30F18O4/c48-31-17-25(5-7-29(31)23-13-33(50)41(34(51)14-23)46(62,63)68-27-19-37(54)43(58)38(55)20-27)66-11-3-1-9-45(60,61)10-2-4-12-67-26-6-8-30(32(49)18-26)24-15-35(52)42(36(53)16-24)47(64,65)69-28-21-39(56)44(59)40(57)22-28/h5-8,13-22H,1-4,9-12H2. The quantitative estimate of drug-likeness (QED) is 0.0434. The molecular formula is C47H30F18O4. The van der Waals surface area contributed by atoms with Gasteiger partial charge in [0.25, 0.3) is 0 Å². The number of rotatable bonds is 20. The van der Waals surface area contributed by atoms with Gasteiger partial charge in [-0.25, -0.2) is 61.5 Å². The van der Waals surface area contributed by atoms with Crippen LogP contribution >= 0.6 is 0 Å². The van der Waals surface area contributed by atoms with Crippen molar-refractivity contribution < 1.29 is 98.0 Å². The summed E-state index contributed by atoms with van der Waals surface area (Å²) in [7, 11) is 0. The Balaban J connectivity index is 0.926. The van der Waals surface area contributed by atoms with Crippen LogP contribution in [-0.4, -0.2) is 19.1 Å². The summed E-state index contributed by atoms with van der Waals surface area (Å²) in [4.78, 5) is 0. The molecule has 0 spiro atoms. The molecule has 0 atom stereocenters. The van der Waals surface area contributed by atoms with Crippen molar-refractivity contribution >= 4 is 0 Å². The molecule has 69 heavy (non-hydrogen) atoms. The normalized spacial score (nSPS) is 12.1. The second-order valence-electron chi connectivity index (χ2n) is 15.0. The van der Waals surface area contributed by atoms with Crippen LogP contribution in [0.4, 0.5) is 79.0 Å². The first-order chi connectivity index (χ1) is 32.4. The van der Waals surface area contributed by atoms with E-state index >= 15 is 0 Å². The highest BCUT2D eigenvalue weighted by Gasteiger charge is 2.43. The average molecular weight is 1000 g/mol. The molecule has 4 nitrogen and oxygen atoms in total. The molecular weight excluding hydrogens is 970 g/mol. The smallest absolute Gasteiger partial charge is 0.432 e. The highest BCUT2D eigenvalue weighted by atomic mass is 19.3. The molecule has 368 valence electrons. The molecule has 0 aliphatic rings. The van der Waals surface area contributed by atoms with Gasteiger partial charge < -0.3 is 18.9 Å². The van der Waals surface area contributed by atoms with E-state index in [2.05, 4.69) is 9.47 Å². The van der Waals surface area contributed by atoms with Crippen LogP contribution in [0.5, 0.6) is 23.0 Å². The third-order valence-corrected chi connectivity index (χ3v) is 9.99. The van der Waals surface area contributed by atoms with E-state index in [0.717, 1.165) is 36.4 Å². The second kappa shape index (κ2) is 20.9. The van der Waals surface area contributed by atoms with E-state index in [1.165, 1.54) is 0 Å². The molecule has 0 fully saturated rings. The van der Waals surface area contributed by atoms with E-state index in [0.29, 0.717) is 24.3 Å². The minimum Gasteiger partial charge on any atom is -0.493 e. The average Bonchev–Trinajstić information content (AvgIpc) is 3.23. The predicted octanol–water partition coefficient (Wildman–Crippen LogP) is 15.4. The number of alkyl halides is 6. The van der Waals surface area contributed by atoms with Crippen molar-refractivity contribution in [1.29, 1.82) is 0 Å². The van der Waals surface area contributed by atoms with Crippen molar-refractivity contribution in [2.24, 2.45) is 0 Å². The van der Waals surface area contributed by atoms with Crippen LogP contribution in [0.25, 0.3) is 22.3 Å². The van der Waals surface area contributed by atoms with Crippen LogP contribution in [0.15, 0.2) is 84.9 Å². The number of benzene rings is 6. The van der Waals surface area contributed by atoms with Gasteiger partial charge in [0.1, 0.15) is 69.0 Å². The summed E-state index contributed by atoms with van der Waals surface area (Å²) in [6.45, 7) is -0.336. The number of hydrogen-bond acceptors (Lipinski definition) is 4. The molecule has 0 aromatic heterocycles. The molecule has 6 rings (SSSR count). The van der Waals surface area contributed by atoms with E-state index in [1.807, 2.05) is 0 Å². The Bertz CT molecular complexity index is 2560. The summed E-state index contributed by atoms with van der Waals surface area (Å²) in [5.41, 5.74) is -6.06. The monoisotopic (exact) mass is 1000 g/mol. The number of ether oxygens (including phenoxy) is 4. The van der Waals surface area contributed by atoms with Crippen LogP contribution in [0, 0.1) is 69.8 Å². The zero-order valence-electron chi connectivity index (χ0n) is 34.7. The number of hydrogen-bond donors (Lipinski definition) is 0. The van der Waals surface area contributed by atoms with Gasteiger partial charge in [-0.1, -0.05) is 0 Å². The van der Waals surface area contributed by atoms with Crippen LogP contribution in [0.1, 0.15) is 49.7 Å². The number of halogens is 18. The minimum atomic E-state index is -4.87. The van der Waals surface area contributed by atoms with Crippen molar-refractivity contribution in [3.05, 3.63) is 166 Å². The molecule has 6 aromatic carbocycles. The van der Waals surface area contributed by atoms with Gasteiger partial charge in [0.05, 0.1) is 13.2 Å². The third-order valence-electron chi connectivity index (χ3n) is 9.99. The SMILES string of the molecule is Fc1cc(OCCCCC(F)(F)CCCCOc2ccc(-c3cc(F)c(C(F)(F)Oc4cc(F)c(F)c(F)c4)c(F)c3)c(F)c2)ccc1-c1cc(F)c(C(F)(F)Oc2cc(F)c(F)c(F)c2)c(F)c1. The van der Waals surface area contributed by atoms with Crippen molar-refractivity contribution in [3.8, 4) is 45.3 Å². The molecule has 6 aromatic rings. The molecule has 22 heteroatoms. The zero-order valence-corrected chi connectivity index (χ0v) is 34.7. The summed E-state index contributed by atoms with van der Waals surface area (Å²) < 4.78 is 276. The van der Waals surface area contributed by atoms with E-state index in [1.54, 1.807) is 0 Å². The molecule has 0 aliphatic carbocycles. The van der Waals surface area contributed by atoms with Crippen molar-refractivity contribution in [2.75, 3.05) is 13.2 Å². The molecule has 0 saturated heterocycles. The Kier molecular flexibility index (Phi) is 15.6. The fourth-order valence-electron chi connectivity index (χ4n) is 6.71. The largest absolute Gasteiger partial charge is 0.493 e. The van der Waals surface area contributed by atoms with E-state index in [9.17, 15) is 79.0 Å². The Labute approximate surface area is 378 Å². The van der Waals surface area contributed by atoms with Crippen molar-refractivity contribution in [2.45, 2.75) is 56.7 Å². The Morgan fingerprint density at radius 2 is 0.638 bits per heavy atom. The van der Waals surface area contributed by atoms with E-state index in [4.69, 9.17) is 9.47 Å². The van der Waals surface area contributed by atoms with Crippen LogP contribution < -0.4 is 18.9 Å². The molecule has 0 saturated carbocycles. The topological polar surface area (TPSA) is 36.9 Å². The lowest BCUT2D eigenvalue weighted by molar-refractivity contribution is -0.190. The Hall–Kier alpha value is -6.74. The lowest BCUT2D eigenvalue weighted by atomic mass is 10.0. The van der Waals surface area contributed by atoms with Gasteiger partial charge in [-0.3, -0.25) is 0 Å². The van der Waals surface area contributed by atoms with Crippen molar-refractivity contribution in [1.82, 2.24) is 0 Å². The summed E-state index contributed by atoms with van der Waals surface area (Å²) in [6.07, 6.45) is -10.9. The first-order valence-corrected chi connectivity index (χ1v) is 20.0. The van der Waals surface area contributed by atoms with Gasteiger partial charge in [-0.2, -0.15) is 17.6 Å². The minimum absolute atomic E-state index is 0.0248. The zero-order chi connectivity index (χ0) is 50.6. The highest BCUT2D eigenvalue weighted by Crippen LogP contribution is 2.41. The first kappa shape index (κ1) is 51.6. The lowest BCUT2D eigenvalue weighted by Gasteiger charge is -2.20. The van der Waals surface area contributed by atoms with E-state index in [-0.39, 0.29) is 74.7 Å². The molecule has 0 heterocycles. The van der Waals surface area contributed by atoms with Crippen LogP contribution in [0.3, 0.4) is 0 Å². The fraction of sp³-hybridized carbons (Fsp3) is 0.234. The van der Waals surface area contributed by atoms with Crippen LogP contribution in [0.2, 0.25) is 0 Å². The Morgan fingerprint density at radius 1 is 0.333 bits per heavy atom. The molecule has 0 aliphatic heterocycles. The van der Waals surface area contributed by atoms with Gasteiger partial charge >= 0.3 is 12.2 Å². The molecule has 0 amide bonds. The molecule has 0 N–H and O–H groups in total. The summed E-state index contributed by atoms with van der Waals surface area (Å²) in [6, 6.07) is 7.32. The molecule has 0 unspecified atom stereocenters. The fourth-order valence-corrected chi connectivity index (χ4v) is 6.71. The van der Waals surface area contributed by atoms with Crippen molar-refractivity contribution in [3.63, 3.8) is 0 Å². The maximum absolute atomic E-state index is 15.0. The van der Waals surface area contributed by atoms with Gasteiger partial charge in [0.15, 0.2) is 34.9 Å². The number of unbranched alkanes of at least 4 members (excludes halogenated alkanes) is 2. The third kappa shape index (κ3) is 12.5. The second-order valence-corrected chi connectivity index (χ2v) is 15.0. The highest BCUT2D eigenvalue weighted by molar-refractivity contribution is 5.67. The van der Waals surface area contributed by atoms with Crippen LogP contribution in [-0.2, 0) is 12.2 Å². The molecule has 0 radical (unpaired) electrons. The summed E-state index contributed by atoms with van der Waals surface area (Å²) in [5, 5.41) is 0. The van der Waals surface area contributed by atoms with Gasteiger partial charge in [-0.05, 0) is 85.3 Å². The predicted molar refractivity (Wildman–Crippen MR) is 209 cm³/mol. The summed E-state index contributed by atoms with van der Waals surface area (Å²) >= 11 is 0. The Morgan fingerprint density at radius 3 is 0.942 bits per heavy atom. The first-order valence-electron chi connectivity index (χ1n) is 20.0. The maximum atomic E-state index is 15.0.